The van der Waals surface area contributed by atoms with Gasteiger partial charge in [-0.1, -0.05) is 43.4 Å². The Bertz CT molecular complexity index is 488. The Morgan fingerprint density at radius 2 is 1.95 bits per heavy atom. The molecule has 2 rings (SSSR count). The van der Waals surface area contributed by atoms with Crippen LogP contribution < -0.4 is 5.32 Å². The first-order chi connectivity index (χ1) is 9.63. The predicted octanol–water partition coefficient (Wildman–Crippen LogP) is 3.39. The summed E-state index contributed by atoms with van der Waals surface area (Å²) in [4.78, 5) is 0. The molecular formula is C16H21ClN2O. The average molecular weight is 293 g/mol. The summed E-state index contributed by atoms with van der Waals surface area (Å²) in [5, 5.41) is 23.2. The van der Waals surface area contributed by atoms with Gasteiger partial charge in [0.05, 0.1) is 17.2 Å². The predicted molar refractivity (Wildman–Crippen MR) is 80.5 cm³/mol. The molecule has 0 atom stereocenters. The fraction of sp³-hybridized carbons (Fsp3) is 0.562. The first-order valence-electron chi connectivity index (χ1n) is 7.25. The normalized spacial score (nSPS) is 18.2. The van der Waals surface area contributed by atoms with Gasteiger partial charge < -0.3 is 10.4 Å². The summed E-state index contributed by atoms with van der Waals surface area (Å²) in [5.74, 6) is 0. The molecule has 0 aliphatic heterocycles. The van der Waals surface area contributed by atoms with Crippen molar-refractivity contribution in [1.29, 1.82) is 5.26 Å². The lowest BCUT2D eigenvalue weighted by Crippen LogP contribution is -2.39. The molecule has 1 aromatic rings. The van der Waals surface area contributed by atoms with E-state index in [1.165, 1.54) is 12.8 Å². The van der Waals surface area contributed by atoms with Gasteiger partial charge in [-0.05, 0) is 30.5 Å². The average Bonchev–Trinajstić information content (AvgIpc) is 2.66. The zero-order chi connectivity index (χ0) is 14.4. The largest absolute Gasteiger partial charge is 0.389 e. The smallest absolute Gasteiger partial charge is 0.0992 e. The molecule has 0 heterocycles. The van der Waals surface area contributed by atoms with Crippen LogP contribution in [-0.4, -0.2) is 17.3 Å². The lowest BCUT2D eigenvalue weighted by Gasteiger charge is -2.27. The maximum absolute atomic E-state index is 10.5. The molecule has 0 radical (unpaired) electrons. The van der Waals surface area contributed by atoms with Gasteiger partial charge in [-0.3, -0.25) is 0 Å². The van der Waals surface area contributed by atoms with E-state index in [-0.39, 0.29) is 0 Å². The Kier molecular flexibility index (Phi) is 5.42. The van der Waals surface area contributed by atoms with Crippen LogP contribution in [0, 0.1) is 11.3 Å². The van der Waals surface area contributed by atoms with Gasteiger partial charge in [0, 0.05) is 18.1 Å². The Hall–Kier alpha value is -1.08. The van der Waals surface area contributed by atoms with Crippen molar-refractivity contribution in [1.82, 2.24) is 5.32 Å². The Labute approximate surface area is 125 Å². The minimum atomic E-state index is -0.574. The zero-order valence-electron chi connectivity index (χ0n) is 11.7. The van der Waals surface area contributed by atoms with Crippen molar-refractivity contribution in [2.75, 3.05) is 6.54 Å². The van der Waals surface area contributed by atoms with E-state index in [2.05, 4.69) is 11.4 Å². The SMILES string of the molecule is N#Cc1ccc(CNCC2(O)CCCCCC2)c(Cl)c1. The molecule has 4 heteroatoms. The highest BCUT2D eigenvalue weighted by Crippen LogP contribution is 2.26. The highest BCUT2D eigenvalue weighted by Gasteiger charge is 2.27. The van der Waals surface area contributed by atoms with Gasteiger partial charge in [-0.2, -0.15) is 5.26 Å². The molecule has 0 spiro atoms. The molecule has 1 aliphatic carbocycles. The van der Waals surface area contributed by atoms with Crippen LogP contribution in [0.3, 0.4) is 0 Å². The number of benzene rings is 1. The van der Waals surface area contributed by atoms with E-state index in [1.54, 1.807) is 12.1 Å². The van der Waals surface area contributed by atoms with E-state index in [4.69, 9.17) is 16.9 Å². The van der Waals surface area contributed by atoms with Crippen molar-refractivity contribution < 1.29 is 5.11 Å². The summed E-state index contributed by atoms with van der Waals surface area (Å²) in [7, 11) is 0. The molecule has 1 fully saturated rings. The number of nitrogens with one attached hydrogen (secondary N) is 1. The molecule has 0 saturated heterocycles. The second-order valence-electron chi connectivity index (χ2n) is 5.66. The topological polar surface area (TPSA) is 56.0 Å². The van der Waals surface area contributed by atoms with Gasteiger partial charge in [-0.25, -0.2) is 0 Å². The molecule has 1 aliphatic rings. The van der Waals surface area contributed by atoms with Crippen molar-refractivity contribution in [3.8, 4) is 6.07 Å². The molecule has 0 aromatic heterocycles. The van der Waals surface area contributed by atoms with Gasteiger partial charge in [0.15, 0.2) is 0 Å². The highest BCUT2D eigenvalue weighted by molar-refractivity contribution is 6.31. The fourth-order valence-electron chi connectivity index (χ4n) is 2.75. The lowest BCUT2D eigenvalue weighted by molar-refractivity contribution is 0.0250. The molecule has 3 nitrogen and oxygen atoms in total. The van der Waals surface area contributed by atoms with Crippen molar-refractivity contribution in [2.24, 2.45) is 0 Å². The molecule has 2 N–H and O–H groups in total. The van der Waals surface area contributed by atoms with Gasteiger partial charge >= 0.3 is 0 Å². The van der Waals surface area contributed by atoms with Crippen molar-refractivity contribution in [2.45, 2.75) is 50.7 Å². The number of rotatable bonds is 4. The summed E-state index contributed by atoms with van der Waals surface area (Å²) in [6.07, 6.45) is 6.42. The first kappa shape index (κ1) is 15.3. The molecule has 0 bridgehead atoms. The molecule has 108 valence electrons. The summed E-state index contributed by atoms with van der Waals surface area (Å²) in [5.41, 5.74) is 0.958. The van der Waals surface area contributed by atoms with Crippen LogP contribution in [0.5, 0.6) is 0 Å². The highest BCUT2D eigenvalue weighted by atomic mass is 35.5. The maximum atomic E-state index is 10.5. The van der Waals surface area contributed by atoms with Gasteiger partial charge in [0.25, 0.3) is 0 Å². The van der Waals surface area contributed by atoms with Crippen LogP contribution in [0.2, 0.25) is 5.02 Å². The summed E-state index contributed by atoms with van der Waals surface area (Å²) >= 11 is 6.14. The number of aliphatic hydroxyl groups is 1. The number of nitrogens with zero attached hydrogens (tertiary/aromatic N) is 1. The standard InChI is InChI=1S/C16H21ClN2O/c17-15-9-13(10-18)5-6-14(15)11-19-12-16(20)7-3-1-2-4-8-16/h5-6,9,19-20H,1-4,7-8,11-12H2. The summed E-state index contributed by atoms with van der Waals surface area (Å²) in [6, 6.07) is 7.38. The second-order valence-corrected chi connectivity index (χ2v) is 6.07. The van der Waals surface area contributed by atoms with Crippen LogP contribution in [0.4, 0.5) is 0 Å². The van der Waals surface area contributed by atoms with Crippen LogP contribution in [0.1, 0.15) is 49.7 Å². The minimum Gasteiger partial charge on any atom is -0.389 e. The maximum Gasteiger partial charge on any atom is 0.0992 e. The van der Waals surface area contributed by atoms with Crippen LogP contribution >= 0.6 is 11.6 Å². The molecule has 1 aromatic carbocycles. The Balaban J connectivity index is 1.87. The van der Waals surface area contributed by atoms with Gasteiger partial charge in [0.1, 0.15) is 0 Å². The number of nitriles is 1. The van der Waals surface area contributed by atoms with E-state index >= 15 is 0 Å². The number of halogens is 1. The van der Waals surface area contributed by atoms with Crippen molar-refractivity contribution >= 4 is 11.6 Å². The molecule has 20 heavy (non-hydrogen) atoms. The van der Waals surface area contributed by atoms with Gasteiger partial charge in [0.2, 0.25) is 0 Å². The minimum absolute atomic E-state index is 0.571. The van der Waals surface area contributed by atoms with Crippen LogP contribution in [0.15, 0.2) is 18.2 Å². The van der Waals surface area contributed by atoms with E-state index in [1.807, 2.05) is 6.07 Å². The summed E-state index contributed by atoms with van der Waals surface area (Å²) < 4.78 is 0. The third-order valence-electron chi connectivity index (χ3n) is 3.99. The van der Waals surface area contributed by atoms with Gasteiger partial charge in [-0.15, -0.1) is 0 Å². The van der Waals surface area contributed by atoms with E-state index in [0.717, 1.165) is 31.2 Å². The van der Waals surface area contributed by atoms with Crippen molar-refractivity contribution in [3.05, 3.63) is 34.3 Å². The Morgan fingerprint density at radius 1 is 1.25 bits per heavy atom. The van der Waals surface area contributed by atoms with E-state index < -0.39 is 5.60 Å². The van der Waals surface area contributed by atoms with E-state index in [9.17, 15) is 5.11 Å². The molecular weight excluding hydrogens is 272 g/mol. The van der Waals surface area contributed by atoms with E-state index in [0.29, 0.717) is 23.7 Å². The number of hydrogen-bond donors (Lipinski definition) is 2. The zero-order valence-corrected chi connectivity index (χ0v) is 12.4. The molecule has 1 saturated carbocycles. The monoisotopic (exact) mass is 292 g/mol. The third kappa shape index (κ3) is 4.21. The first-order valence-corrected chi connectivity index (χ1v) is 7.62. The Morgan fingerprint density at radius 3 is 2.55 bits per heavy atom. The quantitative estimate of drug-likeness (QED) is 0.837. The summed E-state index contributed by atoms with van der Waals surface area (Å²) in [6.45, 7) is 1.22. The van der Waals surface area contributed by atoms with Crippen LogP contribution in [0.25, 0.3) is 0 Å². The molecule has 0 unspecified atom stereocenters. The second kappa shape index (κ2) is 7.08. The third-order valence-corrected chi connectivity index (χ3v) is 4.34. The number of hydrogen-bond acceptors (Lipinski definition) is 3. The van der Waals surface area contributed by atoms with Crippen molar-refractivity contribution in [3.63, 3.8) is 0 Å². The molecule has 0 amide bonds. The van der Waals surface area contributed by atoms with Crippen LogP contribution in [-0.2, 0) is 6.54 Å². The fourth-order valence-corrected chi connectivity index (χ4v) is 3.00. The lowest BCUT2D eigenvalue weighted by atomic mass is 9.94.